The summed E-state index contributed by atoms with van der Waals surface area (Å²) in [6.45, 7) is 0.666. The SMILES string of the molecule is Nc1nc(-c2ccccc2)nc2c1nc(SCc1ccccc1)n2Cc1ccccc1. The molecule has 5 nitrogen and oxygen atoms in total. The van der Waals surface area contributed by atoms with Crippen LogP contribution in [0.1, 0.15) is 11.1 Å². The molecule has 0 aliphatic rings. The minimum absolute atomic E-state index is 0.400. The third-order valence-corrected chi connectivity index (χ3v) is 6.06. The molecule has 0 saturated heterocycles. The van der Waals surface area contributed by atoms with E-state index in [4.69, 9.17) is 15.7 Å². The van der Waals surface area contributed by atoms with Crippen molar-refractivity contribution in [3.63, 3.8) is 0 Å². The Bertz CT molecular complexity index is 1300. The van der Waals surface area contributed by atoms with Gasteiger partial charge in [-0.25, -0.2) is 15.0 Å². The molecule has 0 radical (unpaired) electrons. The highest BCUT2D eigenvalue weighted by Crippen LogP contribution is 2.30. The number of anilines is 1. The Morgan fingerprint density at radius 3 is 2.00 bits per heavy atom. The third kappa shape index (κ3) is 4.15. The van der Waals surface area contributed by atoms with E-state index in [9.17, 15) is 0 Å². The second kappa shape index (κ2) is 8.62. The quantitative estimate of drug-likeness (QED) is 0.370. The molecule has 5 rings (SSSR count). The molecule has 0 unspecified atom stereocenters. The van der Waals surface area contributed by atoms with Crippen molar-refractivity contribution in [3.8, 4) is 11.4 Å². The molecule has 2 aromatic heterocycles. The molecule has 6 heteroatoms. The van der Waals surface area contributed by atoms with Crippen LogP contribution in [0.25, 0.3) is 22.6 Å². The summed E-state index contributed by atoms with van der Waals surface area (Å²) in [5.74, 6) is 1.83. The average molecular weight is 424 g/mol. The predicted octanol–water partition coefficient (Wildman–Crippen LogP) is 5.42. The first-order chi connectivity index (χ1) is 15.3. The zero-order valence-electron chi connectivity index (χ0n) is 16.8. The summed E-state index contributed by atoms with van der Waals surface area (Å²) in [6.07, 6.45) is 0. The predicted molar refractivity (Wildman–Crippen MR) is 127 cm³/mol. The van der Waals surface area contributed by atoms with Crippen LogP contribution in [-0.2, 0) is 12.3 Å². The van der Waals surface area contributed by atoms with Gasteiger partial charge in [-0.1, -0.05) is 103 Å². The van der Waals surface area contributed by atoms with Gasteiger partial charge in [0.15, 0.2) is 28.0 Å². The molecule has 3 aromatic carbocycles. The molecule has 152 valence electrons. The van der Waals surface area contributed by atoms with Gasteiger partial charge in [-0.2, -0.15) is 0 Å². The summed E-state index contributed by atoms with van der Waals surface area (Å²) in [6, 6.07) is 30.6. The molecule has 31 heavy (non-hydrogen) atoms. The van der Waals surface area contributed by atoms with E-state index in [-0.39, 0.29) is 0 Å². The number of nitrogens with two attached hydrogens (primary N) is 1. The Balaban J connectivity index is 1.60. The summed E-state index contributed by atoms with van der Waals surface area (Å²) < 4.78 is 2.14. The largest absolute Gasteiger partial charge is 0.382 e. The molecule has 0 saturated carbocycles. The molecule has 0 spiro atoms. The maximum atomic E-state index is 6.34. The first-order valence-electron chi connectivity index (χ1n) is 10.1. The molecular weight excluding hydrogens is 402 g/mol. The van der Waals surface area contributed by atoms with Gasteiger partial charge in [0.1, 0.15) is 0 Å². The highest BCUT2D eigenvalue weighted by atomic mass is 32.2. The summed E-state index contributed by atoms with van der Waals surface area (Å²) in [5.41, 5.74) is 11.1. The van der Waals surface area contributed by atoms with Crippen LogP contribution in [0.15, 0.2) is 96.2 Å². The maximum absolute atomic E-state index is 6.34. The number of nitrogens with zero attached hydrogens (tertiary/aromatic N) is 4. The second-order valence-corrected chi connectivity index (χ2v) is 8.15. The number of aromatic nitrogens is 4. The molecule has 2 heterocycles. The van der Waals surface area contributed by atoms with E-state index in [2.05, 4.69) is 45.9 Å². The van der Waals surface area contributed by atoms with Gasteiger partial charge in [-0.05, 0) is 11.1 Å². The molecule has 0 aliphatic heterocycles. The lowest BCUT2D eigenvalue weighted by molar-refractivity contribution is 0.724. The van der Waals surface area contributed by atoms with E-state index in [0.29, 0.717) is 23.7 Å². The van der Waals surface area contributed by atoms with Gasteiger partial charge in [-0.3, -0.25) is 4.57 Å². The van der Waals surface area contributed by atoms with Crippen LogP contribution in [-0.4, -0.2) is 19.5 Å². The standard InChI is InChI=1S/C25H21N5S/c26-22-21-24(29-23(28-22)20-14-8-3-9-15-20)30(16-18-10-4-1-5-11-18)25(27-21)31-17-19-12-6-2-7-13-19/h1-15H,16-17H2,(H2,26,28,29). The van der Waals surface area contributed by atoms with E-state index in [1.165, 1.54) is 11.1 Å². The molecule has 0 fully saturated rings. The van der Waals surface area contributed by atoms with Crippen LogP contribution < -0.4 is 5.73 Å². The molecule has 0 aliphatic carbocycles. The van der Waals surface area contributed by atoms with Crippen molar-refractivity contribution in [2.75, 3.05) is 5.73 Å². The Labute approximate surface area is 185 Å². The monoisotopic (exact) mass is 423 g/mol. The fourth-order valence-electron chi connectivity index (χ4n) is 3.46. The van der Waals surface area contributed by atoms with Gasteiger partial charge in [0, 0.05) is 11.3 Å². The van der Waals surface area contributed by atoms with Crippen LogP contribution in [0.5, 0.6) is 0 Å². The number of hydrogen-bond donors (Lipinski definition) is 1. The summed E-state index contributed by atoms with van der Waals surface area (Å²) in [5, 5.41) is 0.883. The normalized spacial score (nSPS) is 11.1. The van der Waals surface area contributed by atoms with E-state index in [1.54, 1.807) is 11.8 Å². The molecule has 0 atom stereocenters. The number of hydrogen-bond acceptors (Lipinski definition) is 5. The van der Waals surface area contributed by atoms with Crippen molar-refractivity contribution < 1.29 is 0 Å². The highest BCUT2D eigenvalue weighted by Gasteiger charge is 2.18. The third-order valence-electron chi connectivity index (χ3n) is 5.01. The van der Waals surface area contributed by atoms with Crippen LogP contribution in [0.4, 0.5) is 5.82 Å². The van der Waals surface area contributed by atoms with Gasteiger partial charge in [0.05, 0.1) is 6.54 Å². The summed E-state index contributed by atoms with van der Waals surface area (Å²) >= 11 is 1.68. The van der Waals surface area contributed by atoms with Gasteiger partial charge in [0.2, 0.25) is 0 Å². The van der Waals surface area contributed by atoms with Crippen molar-refractivity contribution in [3.05, 3.63) is 102 Å². The zero-order chi connectivity index (χ0) is 21.0. The van der Waals surface area contributed by atoms with Crippen LogP contribution in [0, 0.1) is 0 Å². The lowest BCUT2D eigenvalue weighted by atomic mass is 10.2. The summed E-state index contributed by atoms with van der Waals surface area (Å²) in [4.78, 5) is 14.2. The fourth-order valence-corrected chi connectivity index (χ4v) is 4.41. The Hall–Kier alpha value is -3.64. The van der Waals surface area contributed by atoms with E-state index in [1.807, 2.05) is 54.6 Å². The Morgan fingerprint density at radius 2 is 1.32 bits per heavy atom. The number of thioether (sulfide) groups is 1. The number of nitrogen functional groups attached to an aromatic ring is 1. The molecule has 0 bridgehead atoms. The van der Waals surface area contributed by atoms with Crippen LogP contribution >= 0.6 is 11.8 Å². The molecule has 5 aromatic rings. The van der Waals surface area contributed by atoms with Gasteiger partial charge >= 0.3 is 0 Å². The first-order valence-corrected chi connectivity index (χ1v) is 11.1. The van der Waals surface area contributed by atoms with Crippen molar-refractivity contribution in [1.29, 1.82) is 0 Å². The number of fused-ring (bicyclic) bond motifs is 1. The minimum atomic E-state index is 0.400. The van der Waals surface area contributed by atoms with Crippen molar-refractivity contribution in [2.24, 2.45) is 0 Å². The molecular formula is C25H21N5S. The zero-order valence-corrected chi connectivity index (χ0v) is 17.7. The van der Waals surface area contributed by atoms with Gasteiger partial charge in [-0.15, -0.1) is 0 Å². The molecule has 2 N–H and O–H groups in total. The Morgan fingerprint density at radius 1 is 0.710 bits per heavy atom. The first kappa shape index (κ1) is 19.3. The maximum Gasteiger partial charge on any atom is 0.171 e. The topological polar surface area (TPSA) is 69.6 Å². The van der Waals surface area contributed by atoms with E-state index in [0.717, 1.165) is 22.1 Å². The van der Waals surface area contributed by atoms with Gasteiger partial charge in [0.25, 0.3) is 0 Å². The van der Waals surface area contributed by atoms with E-state index < -0.39 is 0 Å². The molecule has 0 amide bonds. The highest BCUT2D eigenvalue weighted by molar-refractivity contribution is 7.98. The average Bonchev–Trinajstić information content (AvgIpc) is 3.17. The fraction of sp³-hybridized carbons (Fsp3) is 0.0800. The number of benzene rings is 3. The number of rotatable bonds is 6. The van der Waals surface area contributed by atoms with Gasteiger partial charge < -0.3 is 5.73 Å². The smallest absolute Gasteiger partial charge is 0.171 e. The Kier molecular flexibility index (Phi) is 5.37. The second-order valence-electron chi connectivity index (χ2n) is 7.21. The van der Waals surface area contributed by atoms with Crippen LogP contribution in [0.3, 0.4) is 0 Å². The van der Waals surface area contributed by atoms with Crippen molar-refractivity contribution >= 4 is 28.7 Å². The lowest BCUT2D eigenvalue weighted by Crippen LogP contribution is -2.04. The summed E-state index contributed by atoms with van der Waals surface area (Å²) in [7, 11) is 0. The van der Waals surface area contributed by atoms with Crippen LogP contribution in [0.2, 0.25) is 0 Å². The number of imidazole rings is 1. The van der Waals surface area contributed by atoms with Crippen molar-refractivity contribution in [2.45, 2.75) is 17.5 Å². The lowest BCUT2D eigenvalue weighted by Gasteiger charge is -2.09. The van der Waals surface area contributed by atoms with Crippen molar-refractivity contribution in [1.82, 2.24) is 19.5 Å². The minimum Gasteiger partial charge on any atom is -0.382 e. The van der Waals surface area contributed by atoms with E-state index >= 15 is 0 Å².